The first-order valence-electron chi connectivity index (χ1n) is 5.38. The smallest absolute Gasteiger partial charge is 0.106 e. The summed E-state index contributed by atoms with van der Waals surface area (Å²) in [5, 5.41) is 3.11. The molecule has 0 saturated carbocycles. The Morgan fingerprint density at radius 1 is 1.31 bits per heavy atom. The lowest BCUT2D eigenvalue weighted by Gasteiger charge is -2.04. The van der Waals surface area contributed by atoms with Crippen LogP contribution in [0.1, 0.15) is 27.4 Å². The fraction of sp³-hybridized carbons (Fsp3) is 0.308. The molecule has 0 saturated heterocycles. The van der Waals surface area contributed by atoms with E-state index in [0.29, 0.717) is 6.54 Å². The number of aryl methyl sites for hydroxylation is 2. The van der Waals surface area contributed by atoms with E-state index in [0.717, 1.165) is 17.1 Å². The van der Waals surface area contributed by atoms with Crippen molar-refractivity contribution in [3.05, 3.63) is 51.0 Å². The molecule has 1 heterocycles. The van der Waals surface area contributed by atoms with E-state index in [9.17, 15) is 0 Å². The summed E-state index contributed by atoms with van der Waals surface area (Å²) in [4.78, 5) is 4.48. The number of thiazole rings is 1. The molecule has 16 heavy (non-hydrogen) atoms. The average molecular weight is 232 g/mol. The summed E-state index contributed by atoms with van der Waals surface area (Å²) < 4.78 is 0. The molecular formula is C13H16N2S. The Labute approximate surface area is 100 Å². The first-order valence-corrected chi connectivity index (χ1v) is 6.26. The molecule has 1 aromatic carbocycles. The van der Waals surface area contributed by atoms with Crippen LogP contribution in [-0.2, 0) is 13.0 Å². The first-order chi connectivity index (χ1) is 7.69. The molecule has 0 aliphatic heterocycles. The van der Waals surface area contributed by atoms with Crippen molar-refractivity contribution in [2.45, 2.75) is 26.8 Å². The van der Waals surface area contributed by atoms with E-state index >= 15 is 0 Å². The highest BCUT2D eigenvalue weighted by atomic mass is 32.1. The highest BCUT2D eigenvalue weighted by molar-refractivity contribution is 7.09. The van der Waals surface area contributed by atoms with Crippen LogP contribution in [0.4, 0.5) is 0 Å². The second-order valence-corrected chi connectivity index (χ2v) is 4.99. The van der Waals surface area contributed by atoms with Crippen LogP contribution in [0.2, 0.25) is 0 Å². The first kappa shape index (κ1) is 11.3. The number of nitrogens with two attached hydrogens (primary N) is 1. The molecule has 0 amide bonds. The summed E-state index contributed by atoms with van der Waals surface area (Å²) in [5.41, 5.74) is 10.7. The lowest BCUT2D eigenvalue weighted by molar-refractivity contribution is 0.990. The normalized spacial score (nSPS) is 10.7. The number of nitrogens with zero attached hydrogens (tertiary/aromatic N) is 1. The second-order valence-electron chi connectivity index (χ2n) is 4.04. The van der Waals surface area contributed by atoms with E-state index in [4.69, 9.17) is 5.73 Å². The largest absolute Gasteiger partial charge is 0.325 e. The van der Waals surface area contributed by atoms with Crippen LogP contribution < -0.4 is 5.73 Å². The van der Waals surface area contributed by atoms with Gasteiger partial charge in [0.05, 0.1) is 5.69 Å². The van der Waals surface area contributed by atoms with Gasteiger partial charge in [0.2, 0.25) is 0 Å². The Kier molecular flexibility index (Phi) is 3.36. The molecule has 3 heteroatoms. The molecular weight excluding hydrogens is 216 g/mol. The van der Waals surface area contributed by atoms with Gasteiger partial charge in [-0.05, 0) is 25.0 Å². The van der Waals surface area contributed by atoms with Crippen molar-refractivity contribution in [1.82, 2.24) is 4.98 Å². The highest BCUT2D eigenvalue weighted by Gasteiger charge is 2.04. The molecule has 0 fully saturated rings. The van der Waals surface area contributed by atoms with Crippen LogP contribution in [0.25, 0.3) is 0 Å². The molecule has 2 N–H and O–H groups in total. The summed E-state index contributed by atoms with van der Waals surface area (Å²) in [7, 11) is 0. The zero-order chi connectivity index (χ0) is 11.5. The van der Waals surface area contributed by atoms with Gasteiger partial charge in [0.15, 0.2) is 0 Å². The van der Waals surface area contributed by atoms with Crippen molar-refractivity contribution >= 4 is 11.3 Å². The van der Waals surface area contributed by atoms with Gasteiger partial charge in [-0.25, -0.2) is 4.98 Å². The number of aromatic nitrogens is 1. The summed E-state index contributed by atoms with van der Waals surface area (Å²) >= 11 is 1.64. The van der Waals surface area contributed by atoms with Crippen molar-refractivity contribution in [3.63, 3.8) is 0 Å². The number of hydrogen-bond donors (Lipinski definition) is 1. The molecule has 1 aromatic heterocycles. The van der Waals surface area contributed by atoms with Gasteiger partial charge in [-0.2, -0.15) is 0 Å². The fourth-order valence-electron chi connectivity index (χ4n) is 1.76. The maximum Gasteiger partial charge on any atom is 0.106 e. The topological polar surface area (TPSA) is 38.9 Å². The maximum atomic E-state index is 5.55. The Balaban J connectivity index is 2.20. The maximum absolute atomic E-state index is 5.55. The Morgan fingerprint density at radius 3 is 2.75 bits per heavy atom. The summed E-state index contributed by atoms with van der Waals surface area (Å²) in [6.07, 6.45) is 0.905. The van der Waals surface area contributed by atoms with Crippen LogP contribution in [0, 0.1) is 13.8 Å². The summed E-state index contributed by atoms with van der Waals surface area (Å²) in [5.74, 6) is 0. The van der Waals surface area contributed by atoms with Crippen molar-refractivity contribution < 1.29 is 0 Å². The van der Waals surface area contributed by atoms with Gasteiger partial charge in [-0.15, -0.1) is 11.3 Å². The molecule has 0 spiro atoms. The minimum Gasteiger partial charge on any atom is -0.325 e. The van der Waals surface area contributed by atoms with Crippen LogP contribution in [0.15, 0.2) is 23.6 Å². The molecule has 0 atom stereocenters. The number of hydrogen-bond acceptors (Lipinski definition) is 3. The highest BCUT2D eigenvalue weighted by Crippen LogP contribution is 2.17. The predicted molar refractivity (Wildman–Crippen MR) is 68.7 cm³/mol. The van der Waals surface area contributed by atoms with Crippen molar-refractivity contribution in [2.24, 2.45) is 5.73 Å². The third-order valence-electron chi connectivity index (χ3n) is 2.64. The lowest BCUT2D eigenvalue weighted by atomic mass is 10.0. The van der Waals surface area contributed by atoms with Crippen LogP contribution in [0.5, 0.6) is 0 Å². The van der Waals surface area contributed by atoms with Gasteiger partial charge in [-0.3, -0.25) is 0 Å². The van der Waals surface area contributed by atoms with E-state index in [-0.39, 0.29) is 0 Å². The minimum absolute atomic E-state index is 0.539. The summed E-state index contributed by atoms with van der Waals surface area (Å²) in [6, 6.07) is 6.55. The van der Waals surface area contributed by atoms with E-state index in [2.05, 4.69) is 42.4 Å². The Bertz CT molecular complexity index is 488. The van der Waals surface area contributed by atoms with Gasteiger partial charge in [0.1, 0.15) is 5.01 Å². The van der Waals surface area contributed by atoms with Crippen LogP contribution in [0.3, 0.4) is 0 Å². The van der Waals surface area contributed by atoms with E-state index in [1.165, 1.54) is 16.7 Å². The van der Waals surface area contributed by atoms with E-state index in [1.54, 1.807) is 11.3 Å². The molecule has 0 radical (unpaired) electrons. The molecule has 84 valence electrons. The molecule has 0 bridgehead atoms. The van der Waals surface area contributed by atoms with E-state index in [1.807, 2.05) is 0 Å². The lowest BCUT2D eigenvalue weighted by Crippen LogP contribution is -1.97. The molecule has 0 aliphatic carbocycles. The Morgan fingerprint density at radius 2 is 2.12 bits per heavy atom. The number of rotatable bonds is 3. The van der Waals surface area contributed by atoms with Gasteiger partial charge in [0.25, 0.3) is 0 Å². The molecule has 0 unspecified atom stereocenters. The quantitative estimate of drug-likeness (QED) is 0.883. The predicted octanol–water partition coefficient (Wildman–Crippen LogP) is 2.81. The van der Waals surface area contributed by atoms with Gasteiger partial charge in [0, 0.05) is 18.3 Å². The number of benzene rings is 1. The average Bonchev–Trinajstić information content (AvgIpc) is 2.70. The molecule has 0 aliphatic rings. The third-order valence-corrected chi connectivity index (χ3v) is 3.56. The minimum atomic E-state index is 0.539. The molecule has 2 aromatic rings. The van der Waals surface area contributed by atoms with E-state index < -0.39 is 0 Å². The SMILES string of the molecule is Cc1ccc(Cc2csc(CN)n2)c(C)c1. The monoisotopic (exact) mass is 232 g/mol. The van der Waals surface area contributed by atoms with Gasteiger partial charge >= 0.3 is 0 Å². The van der Waals surface area contributed by atoms with Crippen molar-refractivity contribution in [2.75, 3.05) is 0 Å². The van der Waals surface area contributed by atoms with Crippen LogP contribution >= 0.6 is 11.3 Å². The van der Waals surface area contributed by atoms with Gasteiger partial charge in [-0.1, -0.05) is 23.8 Å². The fourth-order valence-corrected chi connectivity index (χ4v) is 2.44. The molecule has 2 rings (SSSR count). The van der Waals surface area contributed by atoms with Crippen LogP contribution in [-0.4, -0.2) is 4.98 Å². The third kappa shape index (κ3) is 2.49. The zero-order valence-corrected chi connectivity index (χ0v) is 10.5. The second kappa shape index (κ2) is 4.76. The zero-order valence-electron chi connectivity index (χ0n) is 9.66. The van der Waals surface area contributed by atoms with Crippen molar-refractivity contribution in [1.29, 1.82) is 0 Å². The molecule has 2 nitrogen and oxygen atoms in total. The Hall–Kier alpha value is -1.19. The summed E-state index contributed by atoms with van der Waals surface area (Å²) in [6.45, 7) is 4.81. The standard InChI is InChI=1S/C13H16N2S/c1-9-3-4-11(10(2)5-9)6-12-8-16-13(7-14)15-12/h3-5,8H,6-7,14H2,1-2H3. The van der Waals surface area contributed by atoms with Gasteiger partial charge < -0.3 is 5.73 Å². The van der Waals surface area contributed by atoms with Crippen molar-refractivity contribution in [3.8, 4) is 0 Å².